The molecule has 4 saturated heterocycles. The highest BCUT2D eigenvalue weighted by molar-refractivity contribution is 6.25. The maximum atomic E-state index is 12.7. The Bertz CT molecular complexity index is 900. The Morgan fingerprint density at radius 2 is 1.90 bits per heavy atom. The molecule has 0 aromatic heterocycles. The Balaban J connectivity index is 1.51. The van der Waals surface area contributed by atoms with Crippen LogP contribution in [0.1, 0.15) is 34.6 Å². The molecule has 8 nitrogen and oxygen atoms in total. The van der Waals surface area contributed by atoms with Crippen molar-refractivity contribution in [1.29, 1.82) is 0 Å². The standard InChI is InChI=1S/C22H27NO7/c1-10(6-7-13(24)15-14(25)9-23-20(15)27)8-11(2)17-12(3)18-16(26)19-21(4,30-19)22(5,28-17)29-18/h6-8,11-12,17-19,24H,9H2,1-5H3,(H,23,27)/b7-6+,10-8+,15-13+/t11-,12-,17-,18+,19+,21+,22+/m1/s1. The molecule has 0 spiro atoms. The van der Waals surface area contributed by atoms with Gasteiger partial charge in [-0.1, -0.05) is 31.6 Å². The van der Waals surface area contributed by atoms with Gasteiger partial charge in [-0.25, -0.2) is 0 Å². The van der Waals surface area contributed by atoms with Crippen LogP contribution in [0.2, 0.25) is 0 Å². The highest BCUT2D eigenvalue weighted by Crippen LogP contribution is 2.57. The second-order valence-electron chi connectivity index (χ2n) is 8.90. The van der Waals surface area contributed by atoms with Crippen molar-refractivity contribution < 1.29 is 33.7 Å². The van der Waals surface area contributed by atoms with Gasteiger partial charge in [-0.15, -0.1) is 0 Å². The van der Waals surface area contributed by atoms with E-state index < -0.39 is 35.3 Å². The summed E-state index contributed by atoms with van der Waals surface area (Å²) >= 11 is 0. The van der Waals surface area contributed by atoms with E-state index >= 15 is 0 Å². The van der Waals surface area contributed by atoms with Gasteiger partial charge in [0.15, 0.2) is 29.1 Å². The normalized spacial score (nSPS) is 43.5. The van der Waals surface area contributed by atoms with Crippen LogP contribution < -0.4 is 5.32 Å². The van der Waals surface area contributed by atoms with Gasteiger partial charge in [0.1, 0.15) is 17.4 Å². The molecular weight excluding hydrogens is 390 g/mol. The van der Waals surface area contributed by atoms with E-state index in [4.69, 9.17) is 14.2 Å². The summed E-state index contributed by atoms with van der Waals surface area (Å²) in [6.45, 7) is 9.34. The minimum atomic E-state index is -0.988. The number of fused-ring (bicyclic) bond motifs is 4. The molecule has 4 aliphatic heterocycles. The molecule has 4 heterocycles. The molecule has 0 aromatic carbocycles. The van der Waals surface area contributed by atoms with Crippen molar-refractivity contribution in [2.75, 3.05) is 6.54 Å². The van der Waals surface area contributed by atoms with Gasteiger partial charge in [-0.3, -0.25) is 14.4 Å². The fourth-order valence-electron chi connectivity index (χ4n) is 4.67. The number of amides is 1. The third kappa shape index (κ3) is 3.05. The van der Waals surface area contributed by atoms with Crippen molar-refractivity contribution in [3.05, 3.63) is 35.1 Å². The maximum Gasteiger partial charge on any atom is 0.259 e. The molecule has 0 saturated carbocycles. The van der Waals surface area contributed by atoms with Crippen molar-refractivity contribution >= 4 is 17.5 Å². The van der Waals surface area contributed by atoms with Gasteiger partial charge in [0, 0.05) is 11.8 Å². The highest BCUT2D eigenvalue weighted by atomic mass is 16.8. The van der Waals surface area contributed by atoms with Crippen LogP contribution in [-0.4, -0.2) is 58.8 Å². The van der Waals surface area contributed by atoms with Gasteiger partial charge in [0.2, 0.25) is 0 Å². The Morgan fingerprint density at radius 1 is 1.20 bits per heavy atom. The number of epoxide rings is 1. The Morgan fingerprint density at radius 3 is 2.53 bits per heavy atom. The number of allylic oxidation sites excluding steroid dienone is 3. The molecule has 4 rings (SSSR count). The first-order valence-electron chi connectivity index (χ1n) is 10.2. The number of ketones is 2. The number of aliphatic hydroxyl groups excluding tert-OH is 1. The molecule has 4 aliphatic rings. The van der Waals surface area contributed by atoms with Crippen LogP contribution in [0, 0.1) is 11.8 Å². The van der Waals surface area contributed by atoms with Crippen LogP contribution >= 0.6 is 0 Å². The summed E-state index contributed by atoms with van der Waals surface area (Å²) in [5.74, 6) is -2.59. The molecule has 0 aliphatic carbocycles. The van der Waals surface area contributed by atoms with Gasteiger partial charge < -0.3 is 24.6 Å². The van der Waals surface area contributed by atoms with Crippen LogP contribution in [-0.2, 0) is 28.6 Å². The second kappa shape index (κ2) is 6.87. The molecule has 162 valence electrons. The maximum absolute atomic E-state index is 12.7. The van der Waals surface area contributed by atoms with Gasteiger partial charge in [0.25, 0.3) is 5.91 Å². The summed E-state index contributed by atoms with van der Waals surface area (Å²) in [5, 5.41) is 12.5. The minimum Gasteiger partial charge on any atom is -0.507 e. The number of carbonyl (C=O) groups excluding carboxylic acids is 3. The van der Waals surface area contributed by atoms with Gasteiger partial charge >= 0.3 is 0 Å². The first kappa shape index (κ1) is 21.0. The number of hydrogen-bond donors (Lipinski definition) is 2. The Hall–Kier alpha value is -2.29. The van der Waals surface area contributed by atoms with Crippen LogP contribution in [0.15, 0.2) is 35.1 Å². The molecule has 0 aromatic rings. The minimum absolute atomic E-state index is 0.0281. The second-order valence-corrected chi connectivity index (χ2v) is 8.90. The average Bonchev–Trinajstić information content (AvgIpc) is 3.29. The van der Waals surface area contributed by atoms with Crippen molar-refractivity contribution in [2.45, 2.75) is 64.3 Å². The molecular formula is C22H27NO7. The number of rotatable bonds is 4. The molecule has 0 unspecified atom stereocenters. The average molecular weight is 417 g/mol. The summed E-state index contributed by atoms with van der Waals surface area (Å²) in [6, 6.07) is 0. The van der Waals surface area contributed by atoms with Gasteiger partial charge in [-0.05, 0) is 26.8 Å². The zero-order valence-corrected chi connectivity index (χ0v) is 17.7. The highest BCUT2D eigenvalue weighted by Gasteiger charge is 2.76. The van der Waals surface area contributed by atoms with Gasteiger partial charge in [-0.2, -0.15) is 0 Å². The summed E-state index contributed by atoms with van der Waals surface area (Å²) < 4.78 is 18.0. The number of carbonyl (C=O) groups is 3. The van der Waals surface area contributed by atoms with Crippen LogP contribution in [0.3, 0.4) is 0 Å². The summed E-state index contributed by atoms with van der Waals surface area (Å²) in [7, 11) is 0. The van der Waals surface area contributed by atoms with Crippen molar-refractivity contribution in [2.24, 2.45) is 11.8 Å². The van der Waals surface area contributed by atoms with E-state index in [9.17, 15) is 19.5 Å². The number of aliphatic hydroxyl groups is 1. The van der Waals surface area contributed by atoms with Crippen LogP contribution in [0.4, 0.5) is 0 Å². The molecule has 1 amide bonds. The predicted octanol–water partition coefficient (Wildman–Crippen LogP) is 1.51. The van der Waals surface area contributed by atoms with E-state index in [0.717, 1.165) is 5.57 Å². The lowest BCUT2D eigenvalue weighted by Crippen LogP contribution is -2.66. The van der Waals surface area contributed by atoms with E-state index in [2.05, 4.69) is 5.32 Å². The molecule has 2 bridgehead atoms. The number of nitrogens with one attached hydrogen (secondary N) is 1. The number of Topliss-reactive ketones (excluding diaryl/α,β-unsaturated/α-hetero) is 2. The SMILES string of the molecule is CC(/C=C/C(O)=C1/C(=O)CNC1=O)=C\[C@@H](C)[C@H]1O[C@@]2(C)O[C@H](C(=O)[C@@H]3O[C@@]32C)[C@@H]1C. The first-order chi connectivity index (χ1) is 14.0. The smallest absolute Gasteiger partial charge is 0.259 e. The molecule has 4 fully saturated rings. The lowest BCUT2D eigenvalue weighted by atomic mass is 9.78. The van der Waals surface area contributed by atoms with E-state index in [-0.39, 0.29) is 41.6 Å². The predicted molar refractivity (Wildman–Crippen MR) is 105 cm³/mol. The molecule has 0 radical (unpaired) electrons. The first-order valence-corrected chi connectivity index (χ1v) is 10.2. The van der Waals surface area contributed by atoms with E-state index in [1.165, 1.54) is 6.08 Å². The van der Waals surface area contributed by atoms with Crippen molar-refractivity contribution in [3.63, 3.8) is 0 Å². The fourth-order valence-corrected chi connectivity index (χ4v) is 4.67. The summed E-state index contributed by atoms with van der Waals surface area (Å²) in [4.78, 5) is 36.0. The summed E-state index contributed by atoms with van der Waals surface area (Å²) in [5.41, 5.74) is -0.167. The molecule has 7 atom stereocenters. The fraction of sp³-hybridized carbons (Fsp3) is 0.591. The summed E-state index contributed by atoms with van der Waals surface area (Å²) in [6.07, 6.45) is 3.64. The van der Waals surface area contributed by atoms with E-state index in [0.29, 0.717) is 0 Å². The zero-order valence-electron chi connectivity index (χ0n) is 17.7. The van der Waals surface area contributed by atoms with E-state index in [1.807, 2.05) is 40.7 Å². The zero-order chi connectivity index (χ0) is 22.0. The van der Waals surface area contributed by atoms with Crippen LogP contribution in [0.25, 0.3) is 0 Å². The number of ether oxygens (including phenoxy) is 3. The lowest BCUT2D eigenvalue weighted by Gasteiger charge is -2.51. The van der Waals surface area contributed by atoms with Crippen LogP contribution in [0.5, 0.6) is 0 Å². The van der Waals surface area contributed by atoms with Crippen molar-refractivity contribution in [3.8, 4) is 0 Å². The topological polar surface area (TPSA) is 114 Å². The molecule has 2 N–H and O–H groups in total. The Kier molecular flexibility index (Phi) is 4.80. The van der Waals surface area contributed by atoms with Gasteiger partial charge in [0.05, 0.1) is 12.6 Å². The Labute approximate surface area is 174 Å². The lowest BCUT2D eigenvalue weighted by molar-refractivity contribution is -0.350. The van der Waals surface area contributed by atoms with E-state index in [1.54, 1.807) is 6.08 Å². The molecule has 30 heavy (non-hydrogen) atoms. The molecule has 8 heteroatoms. The quantitative estimate of drug-likeness (QED) is 0.234. The monoisotopic (exact) mass is 417 g/mol. The largest absolute Gasteiger partial charge is 0.507 e. The third-order valence-corrected chi connectivity index (χ3v) is 6.67. The number of hydrogen-bond acceptors (Lipinski definition) is 7. The van der Waals surface area contributed by atoms with Crippen molar-refractivity contribution in [1.82, 2.24) is 5.32 Å². The third-order valence-electron chi connectivity index (χ3n) is 6.67.